The molecule has 2 heterocycles. The van der Waals surface area contributed by atoms with Crippen molar-refractivity contribution in [3.05, 3.63) is 53.2 Å². The molecular weight excluding hydrogens is 416 g/mol. The number of carbonyl (C=O) groups excluding carboxylic acids is 1. The van der Waals surface area contributed by atoms with Gasteiger partial charge in [-0.15, -0.1) is 8.78 Å². The zero-order chi connectivity index (χ0) is 22.9. The normalized spacial score (nSPS) is 17.8. The molecule has 2 aromatic carbocycles. The topological polar surface area (TPSA) is 87.1 Å². The zero-order valence-electron chi connectivity index (χ0n) is 17.8. The quantitative estimate of drug-likeness (QED) is 0.558. The van der Waals surface area contributed by atoms with Gasteiger partial charge in [0.2, 0.25) is 5.91 Å². The average Bonchev–Trinajstić information content (AvgIpc) is 3.29. The van der Waals surface area contributed by atoms with Crippen LogP contribution < -0.4 is 14.8 Å². The van der Waals surface area contributed by atoms with Gasteiger partial charge in [0.25, 0.3) is 0 Å². The van der Waals surface area contributed by atoms with E-state index in [4.69, 9.17) is 0 Å². The Labute approximate surface area is 184 Å². The Hall–Kier alpha value is -3.60. The van der Waals surface area contributed by atoms with Crippen molar-refractivity contribution in [3.63, 3.8) is 0 Å². The number of ether oxygens (including phenoxy) is 2. The minimum Gasteiger partial charge on any atom is -0.395 e. The molecule has 3 aromatic rings. The lowest BCUT2D eigenvalue weighted by Gasteiger charge is -2.17. The fourth-order valence-electron chi connectivity index (χ4n) is 4.09. The third-order valence-corrected chi connectivity index (χ3v) is 6.11. The highest BCUT2D eigenvalue weighted by Gasteiger charge is 2.53. The van der Waals surface area contributed by atoms with Gasteiger partial charge in [-0.1, -0.05) is 26.8 Å². The second-order valence-electron chi connectivity index (χ2n) is 9.36. The fraction of sp³-hybridized carbons (Fsp3) is 0.333. The number of hydrogen-bond donors (Lipinski definition) is 2. The first kappa shape index (κ1) is 20.3. The minimum atomic E-state index is -3.71. The van der Waals surface area contributed by atoms with Crippen LogP contribution in [0.4, 0.5) is 14.5 Å². The number of anilines is 1. The van der Waals surface area contributed by atoms with Crippen molar-refractivity contribution in [2.75, 3.05) is 5.32 Å². The van der Waals surface area contributed by atoms with Crippen LogP contribution in [0.5, 0.6) is 11.5 Å². The molecule has 5 rings (SSSR count). The summed E-state index contributed by atoms with van der Waals surface area (Å²) < 4.78 is 35.7. The Morgan fingerprint density at radius 3 is 2.53 bits per heavy atom. The predicted molar refractivity (Wildman–Crippen MR) is 116 cm³/mol. The number of H-pyrrole nitrogens is 1. The number of halogens is 2. The van der Waals surface area contributed by atoms with E-state index < -0.39 is 11.7 Å². The summed E-state index contributed by atoms with van der Waals surface area (Å²) in [6.07, 6.45) is -2.58. The monoisotopic (exact) mass is 439 g/mol. The van der Waals surface area contributed by atoms with Crippen molar-refractivity contribution in [2.24, 2.45) is 0 Å². The van der Waals surface area contributed by atoms with Gasteiger partial charge in [0, 0.05) is 23.4 Å². The number of amides is 1. The summed E-state index contributed by atoms with van der Waals surface area (Å²) in [5, 5.41) is 13.4. The van der Waals surface area contributed by atoms with Crippen molar-refractivity contribution >= 4 is 22.5 Å². The molecule has 0 saturated heterocycles. The lowest BCUT2D eigenvalue weighted by molar-refractivity contribution is -0.286. The van der Waals surface area contributed by atoms with E-state index in [9.17, 15) is 18.8 Å². The maximum atomic E-state index is 13.4. The SMILES string of the molecule is CC(C)(C)c1cc2c(C#N)c(NC(=O)C3(c4ccc5c(c4)OC(F)(F)O5)CC3)ccc2[nH]1.[HH]. The summed E-state index contributed by atoms with van der Waals surface area (Å²) in [5.41, 5.74) is 2.21. The van der Waals surface area contributed by atoms with Crippen LogP contribution in [0.1, 0.15) is 51.9 Å². The first-order valence-corrected chi connectivity index (χ1v) is 10.3. The van der Waals surface area contributed by atoms with Gasteiger partial charge in [0.05, 0.1) is 16.7 Å². The average molecular weight is 439 g/mol. The van der Waals surface area contributed by atoms with Gasteiger partial charge < -0.3 is 19.8 Å². The van der Waals surface area contributed by atoms with Crippen molar-refractivity contribution in [1.29, 1.82) is 5.26 Å². The van der Waals surface area contributed by atoms with Crippen LogP contribution >= 0.6 is 0 Å². The molecule has 2 aliphatic rings. The maximum absolute atomic E-state index is 13.4. The summed E-state index contributed by atoms with van der Waals surface area (Å²) in [4.78, 5) is 16.6. The number of rotatable bonds is 3. The van der Waals surface area contributed by atoms with E-state index >= 15 is 0 Å². The van der Waals surface area contributed by atoms with Crippen LogP contribution in [-0.2, 0) is 15.6 Å². The Morgan fingerprint density at radius 1 is 1.16 bits per heavy atom. The highest BCUT2D eigenvalue weighted by molar-refractivity contribution is 6.04. The molecule has 1 saturated carbocycles. The molecule has 1 aliphatic carbocycles. The Kier molecular flexibility index (Phi) is 4.10. The second kappa shape index (κ2) is 6.45. The number of hydrogen-bond acceptors (Lipinski definition) is 4. The molecule has 0 atom stereocenters. The Morgan fingerprint density at radius 2 is 1.88 bits per heavy atom. The van der Waals surface area contributed by atoms with E-state index in [-0.39, 0.29) is 24.2 Å². The largest absolute Gasteiger partial charge is 0.586 e. The minimum absolute atomic E-state index is 0. The number of nitrogens with zero attached hydrogens (tertiary/aromatic N) is 1. The van der Waals surface area contributed by atoms with Gasteiger partial charge in [-0.05, 0) is 48.7 Å². The molecule has 0 radical (unpaired) electrons. The second-order valence-corrected chi connectivity index (χ2v) is 9.36. The number of aromatic amines is 1. The number of aromatic nitrogens is 1. The predicted octanol–water partition coefficient (Wildman–Crippen LogP) is 5.57. The maximum Gasteiger partial charge on any atom is 0.586 e. The molecule has 1 fully saturated rings. The molecule has 1 aromatic heterocycles. The molecular formula is C24H23F2N3O3. The van der Waals surface area contributed by atoms with Gasteiger partial charge in [-0.3, -0.25) is 4.79 Å². The molecule has 0 spiro atoms. The van der Waals surface area contributed by atoms with E-state index in [1.54, 1.807) is 12.1 Å². The van der Waals surface area contributed by atoms with Gasteiger partial charge >= 0.3 is 6.29 Å². The van der Waals surface area contributed by atoms with Crippen molar-refractivity contribution in [1.82, 2.24) is 4.98 Å². The van der Waals surface area contributed by atoms with E-state index in [2.05, 4.69) is 46.6 Å². The van der Waals surface area contributed by atoms with Gasteiger partial charge in [-0.25, -0.2) is 0 Å². The molecule has 2 N–H and O–H groups in total. The number of nitriles is 1. The lowest BCUT2D eigenvalue weighted by Crippen LogP contribution is -2.28. The standard InChI is InChI=1S/C24H21F2N3O3.H2/c1-22(2,3)20-11-14-15(12-27)17(6-5-16(14)28-20)29-21(30)23(8-9-23)13-4-7-18-19(10-13)32-24(25,26)31-18;/h4-7,10-11,28H,8-9H2,1-3H3,(H,29,30);1H. The smallest absolute Gasteiger partial charge is 0.395 e. The molecule has 166 valence electrons. The molecule has 0 bridgehead atoms. The summed E-state index contributed by atoms with van der Waals surface area (Å²) in [5.74, 6) is -0.437. The summed E-state index contributed by atoms with van der Waals surface area (Å²) in [6.45, 7) is 6.22. The third kappa shape index (κ3) is 3.16. The third-order valence-electron chi connectivity index (χ3n) is 6.11. The van der Waals surface area contributed by atoms with E-state index in [0.717, 1.165) is 16.6 Å². The molecule has 8 heteroatoms. The summed E-state index contributed by atoms with van der Waals surface area (Å²) in [6, 6.07) is 12.1. The molecule has 6 nitrogen and oxygen atoms in total. The van der Waals surface area contributed by atoms with Crippen LogP contribution in [0.25, 0.3) is 10.9 Å². The van der Waals surface area contributed by atoms with E-state index in [1.807, 2.05) is 12.1 Å². The number of carbonyl (C=O) groups is 1. The zero-order valence-corrected chi connectivity index (χ0v) is 17.8. The summed E-state index contributed by atoms with van der Waals surface area (Å²) in [7, 11) is 0. The molecule has 0 unspecified atom stereocenters. The first-order valence-electron chi connectivity index (χ1n) is 10.3. The van der Waals surface area contributed by atoms with Crippen LogP contribution in [0, 0.1) is 11.3 Å². The Bertz CT molecular complexity index is 1320. The van der Waals surface area contributed by atoms with E-state index in [1.165, 1.54) is 12.1 Å². The fourth-order valence-corrected chi connectivity index (χ4v) is 4.09. The lowest BCUT2D eigenvalue weighted by atomic mass is 9.92. The van der Waals surface area contributed by atoms with Crippen LogP contribution in [0.15, 0.2) is 36.4 Å². The number of benzene rings is 2. The molecule has 32 heavy (non-hydrogen) atoms. The number of alkyl halides is 2. The molecule has 1 amide bonds. The summed E-state index contributed by atoms with van der Waals surface area (Å²) >= 11 is 0. The van der Waals surface area contributed by atoms with Gasteiger partial charge in [-0.2, -0.15) is 5.26 Å². The highest BCUT2D eigenvalue weighted by Crippen LogP contribution is 2.52. The van der Waals surface area contributed by atoms with Crippen molar-refractivity contribution in [3.8, 4) is 17.6 Å². The van der Waals surface area contributed by atoms with Gasteiger partial charge in [0.1, 0.15) is 6.07 Å². The highest BCUT2D eigenvalue weighted by atomic mass is 19.3. The van der Waals surface area contributed by atoms with Crippen molar-refractivity contribution < 1.29 is 24.5 Å². The number of nitrogens with one attached hydrogen (secondary N) is 2. The van der Waals surface area contributed by atoms with Crippen LogP contribution in [-0.4, -0.2) is 17.2 Å². The molecule has 1 aliphatic heterocycles. The van der Waals surface area contributed by atoms with E-state index in [0.29, 0.717) is 29.7 Å². The Balaban J connectivity index is 0.00000259. The van der Waals surface area contributed by atoms with Crippen LogP contribution in [0.2, 0.25) is 0 Å². The first-order chi connectivity index (χ1) is 15.0. The van der Waals surface area contributed by atoms with Gasteiger partial charge in [0.15, 0.2) is 11.5 Å². The van der Waals surface area contributed by atoms with Crippen molar-refractivity contribution in [2.45, 2.75) is 50.7 Å². The number of fused-ring (bicyclic) bond motifs is 2. The van der Waals surface area contributed by atoms with Crippen LogP contribution in [0.3, 0.4) is 0 Å².